The molecule has 1 N–H and O–H groups in total. The number of methoxy groups -OCH3 is 1. The molecule has 0 saturated carbocycles. The maximum atomic E-state index is 12.3. The minimum absolute atomic E-state index is 0.0472. The smallest absolute Gasteiger partial charge is 0.311 e. The Balaban J connectivity index is 2.01. The number of ketones is 1. The molecule has 1 aromatic carbocycles. The van der Waals surface area contributed by atoms with E-state index in [0.717, 1.165) is 24.6 Å². The number of aryl methyl sites for hydroxylation is 1. The Morgan fingerprint density at radius 1 is 1.24 bits per heavy atom. The van der Waals surface area contributed by atoms with Gasteiger partial charge in [-0.1, -0.05) is 49.4 Å². The number of aromatic nitrogens is 2. The van der Waals surface area contributed by atoms with Gasteiger partial charge in [-0.05, 0) is 12.0 Å². The van der Waals surface area contributed by atoms with Gasteiger partial charge in [0.25, 0.3) is 5.56 Å². The Morgan fingerprint density at radius 2 is 1.96 bits per heavy atom. The van der Waals surface area contributed by atoms with E-state index < -0.39 is 5.97 Å². The van der Waals surface area contributed by atoms with Gasteiger partial charge in [-0.15, -0.1) is 0 Å². The van der Waals surface area contributed by atoms with Crippen molar-refractivity contribution in [2.24, 2.45) is 0 Å². The van der Waals surface area contributed by atoms with Gasteiger partial charge in [0.05, 0.1) is 25.0 Å². The highest BCUT2D eigenvalue weighted by Gasteiger charge is 2.11. The second-order valence-corrected chi connectivity index (χ2v) is 6.42. The Hall–Kier alpha value is -2.41. The lowest BCUT2D eigenvalue weighted by Gasteiger charge is -2.05. The molecular weight excluding hydrogens is 340 g/mol. The highest BCUT2D eigenvalue weighted by atomic mass is 32.2. The number of Topliss-reactive ketones (excluding diaryl/α,β-unsaturated/α-hetero) is 1. The summed E-state index contributed by atoms with van der Waals surface area (Å²) < 4.78 is 4.56. The molecule has 25 heavy (non-hydrogen) atoms. The number of carbonyl (C=O) groups is 2. The number of esters is 1. The molecule has 0 radical (unpaired) electrons. The van der Waals surface area contributed by atoms with Crippen molar-refractivity contribution in [1.82, 2.24) is 9.97 Å². The minimum atomic E-state index is -0.475. The van der Waals surface area contributed by atoms with Crippen LogP contribution in [0.15, 0.2) is 40.3 Å². The summed E-state index contributed by atoms with van der Waals surface area (Å²) in [5.74, 6) is -0.371. The van der Waals surface area contributed by atoms with Crippen LogP contribution in [-0.2, 0) is 22.4 Å². The highest BCUT2D eigenvalue weighted by Crippen LogP contribution is 2.15. The summed E-state index contributed by atoms with van der Waals surface area (Å²) >= 11 is 1.13. The summed E-state index contributed by atoms with van der Waals surface area (Å²) in [7, 11) is 1.27. The van der Waals surface area contributed by atoms with Crippen molar-refractivity contribution in [2.75, 3.05) is 12.9 Å². The van der Waals surface area contributed by atoms with E-state index in [1.807, 2.05) is 24.3 Å². The molecular formula is C18H20N2O4S. The molecule has 0 aliphatic rings. The van der Waals surface area contributed by atoms with E-state index in [2.05, 4.69) is 21.6 Å². The number of H-pyrrole nitrogens is 1. The fourth-order valence-electron chi connectivity index (χ4n) is 2.23. The van der Waals surface area contributed by atoms with Crippen molar-refractivity contribution < 1.29 is 14.3 Å². The molecule has 0 aliphatic heterocycles. The monoisotopic (exact) mass is 360 g/mol. The first-order chi connectivity index (χ1) is 12.0. The largest absolute Gasteiger partial charge is 0.469 e. The number of carbonyl (C=O) groups excluding carboxylic acids is 2. The number of ether oxygens (including phenoxy) is 1. The molecule has 1 aromatic heterocycles. The van der Waals surface area contributed by atoms with Crippen molar-refractivity contribution >= 4 is 23.5 Å². The first kappa shape index (κ1) is 18.9. The lowest BCUT2D eigenvalue weighted by atomic mass is 10.1. The zero-order valence-electron chi connectivity index (χ0n) is 14.2. The number of hydrogen-bond acceptors (Lipinski definition) is 6. The van der Waals surface area contributed by atoms with Crippen molar-refractivity contribution in [3.8, 4) is 0 Å². The zero-order valence-corrected chi connectivity index (χ0v) is 15.0. The predicted molar refractivity (Wildman–Crippen MR) is 96.1 cm³/mol. The lowest BCUT2D eigenvalue weighted by Crippen LogP contribution is -2.14. The van der Waals surface area contributed by atoms with Crippen LogP contribution < -0.4 is 5.56 Å². The van der Waals surface area contributed by atoms with Crippen LogP contribution in [0.2, 0.25) is 0 Å². The molecule has 0 bridgehead atoms. The van der Waals surface area contributed by atoms with E-state index in [9.17, 15) is 14.4 Å². The molecule has 7 heteroatoms. The summed E-state index contributed by atoms with van der Waals surface area (Å²) in [6.07, 6.45) is 1.96. The normalized spacial score (nSPS) is 10.5. The van der Waals surface area contributed by atoms with E-state index >= 15 is 0 Å². The van der Waals surface area contributed by atoms with E-state index in [1.165, 1.54) is 18.7 Å². The number of hydrogen-bond donors (Lipinski definition) is 1. The van der Waals surface area contributed by atoms with Gasteiger partial charge in [0.2, 0.25) is 0 Å². The number of rotatable bonds is 8. The number of nitrogens with zero attached hydrogens (tertiary/aromatic N) is 1. The van der Waals surface area contributed by atoms with Gasteiger partial charge in [-0.25, -0.2) is 4.98 Å². The summed E-state index contributed by atoms with van der Waals surface area (Å²) in [6, 6.07) is 8.79. The van der Waals surface area contributed by atoms with Crippen molar-refractivity contribution in [3.63, 3.8) is 0 Å². The molecule has 0 spiro atoms. The number of nitrogens with one attached hydrogen (secondary N) is 1. The standard InChI is InChI=1S/C18H20N2O4S/c1-3-4-12-5-7-13(8-6-12)15(21)11-25-18-19-14(9-16(22)20-18)10-17(23)24-2/h5-9H,3-4,10-11H2,1-2H3,(H,19,20,22). The maximum absolute atomic E-state index is 12.3. The van der Waals surface area contributed by atoms with Crippen LogP contribution in [0.1, 0.15) is 35.0 Å². The topological polar surface area (TPSA) is 89.1 Å². The first-order valence-corrected chi connectivity index (χ1v) is 8.92. The van der Waals surface area contributed by atoms with Gasteiger partial charge in [-0.2, -0.15) is 0 Å². The Bertz CT molecular complexity index is 799. The molecule has 2 aromatic rings. The summed E-state index contributed by atoms with van der Waals surface area (Å²) in [5, 5.41) is 0.308. The molecule has 2 rings (SSSR count). The summed E-state index contributed by atoms with van der Waals surface area (Å²) in [5.41, 5.74) is 1.77. The molecule has 0 fully saturated rings. The van der Waals surface area contributed by atoms with Crippen molar-refractivity contribution in [2.45, 2.75) is 31.3 Å². The van der Waals surface area contributed by atoms with Gasteiger partial charge >= 0.3 is 5.97 Å². The minimum Gasteiger partial charge on any atom is -0.469 e. The Morgan fingerprint density at radius 3 is 2.60 bits per heavy atom. The quantitative estimate of drug-likeness (QED) is 0.337. The van der Waals surface area contributed by atoms with Gasteiger partial charge in [0.15, 0.2) is 10.9 Å². The third-order valence-corrected chi connectivity index (χ3v) is 4.35. The van der Waals surface area contributed by atoms with Crippen LogP contribution in [0.25, 0.3) is 0 Å². The number of thioether (sulfide) groups is 1. The van der Waals surface area contributed by atoms with Gasteiger partial charge in [0.1, 0.15) is 0 Å². The average Bonchev–Trinajstić information content (AvgIpc) is 2.60. The molecule has 132 valence electrons. The van der Waals surface area contributed by atoms with E-state index in [0.29, 0.717) is 16.4 Å². The molecule has 0 atom stereocenters. The zero-order chi connectivity index (χ0) is 18.2. The first-order valence-electron chi connectivity index (χ1n) is 7.93. The molecule has 0 saturated heterocycles. The Labute approximate surface area is 150 Å². The second kappa shape index (κ2) is 9.17. The fourth-order valence-corrected chi connectivity index (χ4v) is 3.01. The van der Waals surface area contributed by atoms with Crippen LogP contribution in [0.3, 0.4) is 0 Å². The lowest BCUT2D eigenvalue weighted by molar-refractivity contribution is -0.139. The summed E-state index contributed by atoms with van der Waals surface area (Å²) in [6.45, 7) is 2.11. The van der Waals surface area contributed by atoms with Crippen LogP contribution >= 0.6 is 11.8 Å². The van der Waals surface area contributed by atoms with Crippen LogP contribution in [0, 0.1) is 0 Å². The molecule has 0 amide bonds. The molecule has 1 heterocycles. The number of aromatic amines is 1. The highest BCUT2D eigenvalue weighted by molar-refractivity contribution is 7.99. The van der Waals surface area contributed by atoms with Gasteiger partial charge < -0.3 is 9.72 Å². The molecule has 0 aliphatic carbocycles. The SMILES string of the molecule is CCCc1ccc(C(=O)CSc2nc(CC(=O)OC)cc(=O)[nH]2)cc1. The molecule has 0 unspecified atom stereocenters. The summed E-state index contributed by atoms with van der Waals surface area (Å²) in [4.78, 5) is 42.0. The third kappa shape index (κ3) is 5.86. The van der Waals surface area contributed by atoms with E-state index in [4.69, 9.17) is 0 Å². The Kier molecular flexibility index (Phi) is 6.94. The average molecular weight is 360 g/mol. The second-order valence-electron chi connectivity index (χ2n) is 5.45. The van der Waals surface area contributed by atoms with Crippen LogP contribution in [0.4, 0.5) is 0 Å². The van der Waals surface area contributed by atoms with Gasteiger partial charge in [0, 0.05) is 11.6 Å². The predicted octanol–water partition coefficient (Wildman–Crippen LogP) is 2.41. The fraction of sp³-hybridized carbons (Fsp3) is 0.333. The van der Waals surface area contributed by atoms with Crippen LogP contribution in [0.5, 0.6) is 0 Å². The third-order valence-electron chi connectivity index (χ3n) is 3.48. The van der Waals surface area contributed by atoms with Crippen molar-refractivity contribution in [3.05, 3.63) is 57.5 Å². The molecule has 6 nitrogen and oxygen atoms in total. The van der Waals surface area contributed by atoms with E-state index in [-0.39, 0.29) is 23.5 Å². The number of benzene rings is 1. The van der Waals surface area contributed by atoms with Crippen LogP contribution in [-0.4, -0.2) is 34.6 Å². The van der Waals surface area contributed by atoms with Crippen molar-refractivity contribution in [1.29, 1.82) is 0 Å². The van der Waals surface area contributed by atoms with Gasteiger partial charge in [-0.3, -0.25) is 14.4 Å². The van der Waals surface area contributed by atoms with E-state index in [1.54, 1.807) is 0 Å². The maximum Gasteiger partial charge on any atom is 0.311 e.